The Balaban J connectivity index is 1.91. The number of hydrogen-bond donors (Lipinski definition) is 0. The summed E-state index contributed by atoms with van der Waals surface area (Å²) in [7, 11) is 0. The zero-order chi connectivity index (χ0) is 13.5. The number of amides is 2. The lowest BCUT2D eigenvalue weighted by Crippen LogP contribution is -2.42. The Kier molecular flexibility index (Phi) is 3.61. The van der Waals surface area contributed by atoms with E-state index in [4.69, 9.17) is 0 Å². The van der Waals surface area contributed by atoms with Crippen LogP contribution in [-0.2, 0) is 0 Å². The number of nitrogens with zero attached hydrogens (tertiary/aromatic N) is 2. The standard InChI is InChI=1S/C15H28N2O/c1-6-16(7-2)14(18)17-9-8-12(10-17)13-11(3)15(13,4)5/h11-13H,6-10H2,1-5H3. The van der Waals surface area contributed by atoms with Gasteiger partial charge in [0.2, 0.25) is 0 Å². The van der Waals surface area contributed by atoms with Gasteiger partial charge >= 0.3 is 6.03 Å². The smallest absolute Gasteiger partial charge is 0.319 e. The summed E-state index contributed by atoms with van der Waals surface area (Å²) in [6.07, 6.45) is 1.20. The molecule has 0 spiro atoms. The van der Waals surface area contributed by atoms with Crippen LogP contribution in [0.2, 0.25) is 0 Å². The third-order valence-corrected chi connectivity index (χ3v) is 5.50. The molecule has 2 aliphatic rings. The highest BCUT2D eigenvalue weighted by Crippen LogP contribution is 2.62. The molecule has 2 amide bonds. The van der Waals surface area contributed by atoms with Crippen molar-refractivity contribution in [2.75, 3.05) is 26.2 Å². The van der Waals surface area contributed by atoms with Crippen molar-refractivity contribution in [2.45, 2.75) is 41.0 Å². The largest absolute Gasteiger partial charge is 0.325 e. The van der Waals surface area contributed by atoms with Crippen LogP contribution in [0.3, 0.4) is 0 Å². The minimum atomic E-state index is 0.244. The SMILES string of the molecule is CCN(CC)C(=O)N1CCC(C2C(C)C2(C)C)C1. The van der Waals surface area contributed by atoms with Crippen molar-refractivity contribution in [1.82, 2.24) is 9.80 Å². The fraction of sp³-hybridized carbons (Fsp3) is 0.933. The van der Waals surface area contributed by atoms with Crippen LogP contribution in [0.1, 0.15) is 41.0 Å². The van der Waals surface area contributed by atoms with Crippen molar-refractivity contribution in [3.63, 3.8) is 0 Å². The van der Waals surface area contributed by atoms with Gasteiger partial charge in [-0.3, -0.25) is 0 Å². The first-order chi connectivity index (χ1) is 8.43. The van der Waals surface area contributed by atoms with Gasteiger partial charge in [-0.1, -0.05) is 20.8 Å². The second-order valence-electron chi connectivity index (χ2n) is 6.59. The minimum absolute atomic E-state index is 0.244. The van der Waals surface area contributed by atoms with Crippen molar-refractivity contribution in [3.8, 4) is 0 Å². The summed E-state index contributed by atoms with van der Waals surface area (Å²) in [5.41, 5.74) is 0.499. The lowest BCUT2D eigenvalue weighted by Gasteiger charge is -2.26. The zero-order valence-electron chi connectivity index (χ0n) is 12.6. The van der Waals surface area contributed by atoms with Crippen molar-refractivity contribution in [1.29, 1.82) is 0 Å². The molecule has 2 fully saturated rings. The lowest BCUT2D eigenvalue weighted by atomic mass is 9.96. The third kappa shape index (κ3) is 2.12. The normalized spacial score (nSPS) is 33.6. The second kappa shape index (κ2) is 4.75. The molecule has 0 N–H and O–H groups in total. The highest BCUT2D eigenvalue weighted by molar-refractivity contribution is 5.74. The molecule has 2 rings (SSSR count). The van der Waals surface area contributed by atoms with E-state index in [1.165, 1.54) is 6.42 Å². The Labute approximate surface area is 112 Å². The molecule has 0 bridgehead atoms. The molecular formula is C15H28N2O. The van der Waals surface area contributed by atoms with Gasteiger partial charge in [0.05, 0.1) is 0 Å². The minimum Gasteiger partial charge on any atom is -0.325 e. The van der Waals surface area contributed by atoms with Crippen LogP contribution in [-0.4, -0.2) is 42.0 Å². The first-order valence-electron chi connectivity index (χ1n) is 7.47. The summed E-state index contributed by atoms with van der Waals surface area (Å²) in [5.74, 6) is 2.38. The maximum atomic E-state index is 12.3. The van der Waals surface area contributed by atoms with Crippen molar-refractivity contribution in [3.05, 3.63) is 0 Å². The molecule has 3 unspecified atom stereocenters. The average Bonchev–Trinajstić information content (AvgIpc) is 2.72. The van der Waals surface area contributed by atoms with E-state index in [0.717, 1.165) is 43.9 Å². The molecule has 104 valence electrons. The van der Waals surface area contributed by atoms with E-state index in [1.54, 1.807) is 0 Å². The van der Waals surface area contributed by atoms with Gasteiger partial charge in [0, 0.05) is 26.2 Å². The van der Waals surface area contributed by atoms with Crippen molar-refractivity contribution in [2.24, 2.45) is 23.2 Å². The fourth-order valence-electron chi connectivity index (χ4n) is 3.90. The Hall–Kier alpha value is -0.730. The van der Waals surface area contributed by atoms with E-state index < -0.39 is 0 Å². The number of likely N-dealkylation sites (tertiary alicyclic amines) is 1. The van der Waals surface area contributed by atoms with Gasteiger partial charge in [-0.25, -0.2) is 4.79 Å². The summed E-state index contributed by atoms with van der Waals surface area (Å²) < 4.78 is 0. The zero-order valence-corrected chi connectivity index (χ0v) is 12.6. The van der Waals surface area contributed by atoms with Gasteiger partial charge in [0.25, 0.3) is 0 Å². The summed E-state index contributed by atoms with van der Waals surface area (Å²) in [6, 6.07) is 0.244. The second-order valence-corrected chi connectivity index (χ2v) is 6.59. The molecule has 1 aliphatic heterocycles. The molecule has 3 atom stereocenters. The van der Waals surface area contributed by atoms with Crippen LogP contribution in [0, 0.1) is 23.2 Å². The number of rotatable bonds is 3. The van der Waals surface area contributed by atoms with Gasteiger partial charge in [-0.2, -0.15) is 0 Å². The third-order valence-electron chi connectivity index (χ3n) is 5.50. The molecule has 3 nitrogen and oxygen atoms in total. The maximum Gasteiger partial charge on any atom is 0.319 e. The Morgan fingerprint density at radius 2 is 1.89 bits per heavy atom. The molecule has 1 heterocycles. The van der Waals surface area contributed by atoms with Gasteiger partial charge in [0.1, 0.15) is 0 Å². The van der Waals surface area contributed by atoms with Gasteiger partial charge in [-0.05, 0) is 43.4 Å². The van der Waals surface area contributed by atoms with E-state index in [0.29, 0.717) is 5.41 Å². The van der Waals surface area contributed by atoms with Crippen molar-refractivity contribution >= 4 is 6.03 Å². The molecule has 1 saturated carbocycles. The van der Waals surface area contributed by atoms with Crippen molar-refractivity contribution < 1.29 is 4.79 Å². The van der Waals surface area contributed by atoms with Crippen LogP contribution in [0.4, 0.5) is 4.79 Å². The topological polar surface area (TPSA) is 23.6 Å². The van der Waals surface area contributed by atoms with E-state index in [1.807, 2.05) is 4.90 Å². The van der Waals surface area contributed by atoms with E-state index in [2.05, 4.69) is 39.5 Å². The lowest BCUT2D eigenvalue weighted by molar-refractivity contribution is 0.165. The van der Waals surface area contributed by atoms with Gasteiger partial charge in [-0.15, -0.1) is 0 Å². The summed E-state index contributed by atoms with van der Waals surface area (Å²) >= 11 is 0. The van der Waals surface area contributed by atoms with E-state index in [-0.39, 0.29) is 6.03 Å². The molecule has 1 aliphatic carbocycles. The monoisotopic (exact) mass is 252 g/mol. The molecule has 1 saturated heterocycles. The van der Waals surface area contributed by atoms with Gasteiger partial charge < -0.3 is 9.80 Å². The van der Waals surface area contributed by atoms with Crippen LogP contribution in [0.25, 0.3) is 0 Å². The van der Waals surface area contributed by atoms with E-state index in [9.17, 15) is 4.79 Å². The summed E-state index contributed by atoms with van der Waals surface area (Å²) in [6.45, 7) is 14.8. The van der Waals surface area contributed by atoms with Crippen LogP contribution in [0.15, 0.2) is 0 Å². The predicted octanol–water partition coefficient (Wildman–Crippen LogP) is 3.06. The quantitative estimate of drug-likeness (QED) is 0.757. The Bertz CT molecular complexity index is 322. The van der Waals surface area contributed by atoms with E-state index >= 15 is 0 Å². The van der Waals surface area contributed by atoms with Crippen LogP contribution in [0.5, 0.6) is 0 Å². The van der Waals surface area contributed by atoms with Gasteiger partial charge in [0.15, 0.2) is 0 Å². The molecule has 18 heavy (non-hydrogen) atoms. The maximum absolute atomic E-state index is 12.3. The number of carbonyl (C=O) groups excluding carboxylic acids is 1. The number of urea groups is 1. The predicted molar refractivity (Wildman–Crippen MR) is 74.4 cm³/mol. The molecule has 0 radical (unpaired) electrons. The molecule has 0 aromatic carbocycles. The fourth-order valence-corrected chi connectivity index (χ4v) is 3.90. The highest BCUT2D eigenvalue weighted by atomic mass is 16.2. The summed E-state index contributed by atoms with van der Waals surface area (Å²) in [5, 5.41) is 0. The molecule has 0 aromatic heterocycles. The van der Waals surface area contributed by atoms with Crippen LogP contribution < -0.4 is 0 Å². The summed E-state index contributed by atoms with van der Waals surface area (Å²) in [4.78, 5) is 16.3. The van der Waals surface area contributed by atoms with Crippen LogP contribution >= 0.6 is 0 Å². The first-order valence-corrected chi connectivity index (χ1v) is 7.47. The molecule has 3 heteroatoms. The Morgan fingerprint density at radius 3 is 2.33 bits per heavy atom. The number of hydrogen-bond acceptors (Lipinski definition) is 1. The number of carbonyl (C=O) groups is 1. The Morgan fingerprint density at radius 1 is 1.33 bits per heavy atom. The molecular weight excluding hydrogens is 224 g/mol. The highest BCUT2D eigenvalue weighted by Gasteiger charge is 2.58. The molecule has 0 aromatic rings. The first kappa shape index (κ1) is 13.7. The average molecular weight is 252 g/mol.